The Morgan fingerprint density at radius 2 is 2.33 bits per heavy atom. The van der Waals surface area contributed by atoms with E-state index in [9.17, 15) is 9.50 Å². The Kier molecular flexibility index (Phi) is 4.55. The molecule has 0 saturated carbocycles. The number of nitrogens with one attached hydrogen (secondary N) is 1. The van der Waals surface area contributed by atoms with E-state index in [-0.39, 0.29) is 18.5 Å². The Labute approximate surface area is 108 Å². The van der Waals surface area contributed by atoms with Crippen molar-refractivity contribution >= 4 is 5.69 Å². The topological polar surface area (TPSA) is 35.5 Å². The Morgan fingerprint density at radius 3 is 3.00 bits per heavy atom. The minimum absolute atomic E-state index is 0.0686. The molecule has 1 fully saturated rings. The van der Waals surface area contributed by atoms with Crippen LogP contribution in [0.15, 0.2) is 18.2 Å². The second-order valence-corrected chi connectivity index (χ2v) is 4.74. The molecule has 1 saturated heterocycles. The van der Waals surface area contributed by atoms with Crippen molar-refractivity contribution in [2.24, 2.45) is 0 Å². The molecule has 1 heterocycles. The van der Waals surface area contributed by atoms with Gasteiger partial charge in [-0.3, -0.25) is 0 Å². The fourth-order valence-corrected chi connectivity index (χ4v) is 2.51. The molecule has 0 bridgehead atoms. The van der Waals surface area contributed by atoms with Crippen LogP contribution in [0.2, 0.25) is 0 Å². The van der Waals surface area contributed by atoms with Gasteiger partial charge < -0.3 is 15.3 Å². The lowest BCUT2D eigenvalue weighted by Gasteiger charge is -2.26. The minimum atomic E-state index is -0.189. The van der Waals surface area contributed by atoms with Crippen LogP contribution in [-0.4, -0.2) is 30.8 Å². The predicted molar refractivity (Wildman–Crippen MR) is 71.2 cm³/mol. The Morgan fingerprint density at radius 1 is 1.50 bits per heavy atom. The third kappa shape index (κ3) is 2.82. The summed E-state index contributed by atoms with van der Waals surface area (Å²) in [4.78, 5) is 1.98. The van der Waals surface area contributed by atoms with Crippen molar-refractivity contribution in [1.29, 1.82) is 0 Å². The van der Waals surface area contributed by atoms with E-state index < -0.39 is 0 Å². The zero-order valence-corrected chi connectivity index (χ0v) is 10.8. The van der Waals surface area contributed by atoms with Gasteiger partial charge in [0, 0.05) is 13.1 Å². The van der Waals surface area contributed by atoms with E-state index in [1.807, 2.05) is 24.0 Å². The third-order valence-electron chi connectivity index (χ3n) is 3.49. The Bertz CT molecular complexity index is 397. The molecule has 3 nitrogen and oxygen atoms in total. The van der Waals surface area contributed by atoms with Crippen molar-refractivity contribution in [3.05, 3.63) is 29.6 Å². The SMILES string of the molecule is CCNCc1ccc(N2CCCC2CO)c(F)c1. The molecule has 18 heavy (non-hydrogen) atoms. The van der Waals surface area contributed by atoms with Gasteiger partial charge in [-0.15, -0.1) is 0 Å². The molecule has 100 valence electrons. The van der Waals surface area contributed by atoms with Crippen LogP contribution in [0.5, 0.6) is 0 Å². The van der Waals surface area contributed by atoms with Crippen LogP contribution >= 0.6 is 0 Å². The molecule has 1 aromatic carbocycles. The summed E-state index contributed by atoms with van der Waals surface area (Å²) in [6.45, 7) is 4.52. The number of hydrogen-bond acceptors (Lipinski definition) is 3. The molecular formula is C14H21FN2O. The summed E-state index contributed by atoms with van der Waals surface area (Å²) in [5.74, 6) is -0.189. The molecule has 4 heteroatoms. The summed E-state index contributed by atoms with van der Waals surface area (Å²) >= 11 is 0. The van der Waals surface area contributed by atoms with Crippen LogP contribution < -0.4 is 10.2 Å². The maximum atomic E-state index is 14.1. The first-order chi connectivity index (χ1) is 8.76. The highest BCUT2D eigenvalue weighted by atomic mass is 19.1. The van der Waals surface area contributed by atoms with E-state index >= 15 is 0 Å². The molecular weight excluding hydrogens is 231 g/mol. The van der Waals surface area contributed by atoms with E-state index in [0.29, 0.717) is 12.2 Å². The highest BCUT2D eigenvalue weighted by Gasteiger charge is 2.25. The highest BCUT2D eigenvalue weighted by Crippen LogP contribution is 2.28. The number of aliphatic hydroxyl groups excluding tert-OH is 1. The zero-order chi connectivity index (χ0) is 13.0. The summed E-state index contributed by atoms with van der Waals surface area (Å²) in [5, 5.41) is 12.5. The fraction of sp³-hybridized carbons (Fsp3) is 0.571. The number of benzene rings is 1. The lowest BCUT2D eigenvalue weighted by Crippen LogP contribution is -2.32. The maximum Gasteiger partial charge on any atom is 0.146 e. The molecule has 0 aliphatic carbocycles. The van der Waals surface area contributed by atoms with Gasteiger partial charge in [-0.1, -0.05) is 13.0 Å². The van der Waals surface area contributed by atoms with Crippen LogP contribution in [0.3, 0.4) is 0 Å². The van der Waals surface area contributed by atoms with Gasteiger partial charge in [0.15, 0.2) is 0 Å². The Balaban J connectivity index is 2.14. The Hall–Kier alpha value is -1.13. The second-order valence-electron chi connectivity index (χ2n) is 4.74. The third-order valence-corrected chi connectivity index (χ3v) is 3.49. The number of anilines is 1. The number of hydrogen-bond donors (Lipinski definition) is 2. The average Bonchev–Trinajstić information content (AvgIpc) is 2.84. The first-order valence-electron chi connectivity index (χ1n) is 6.63. The maximum absolute atomic E-state index is 14.1. The van der Waals surface area contributed by atoms with Crippen molar-refractivity contribution in [3.63, 3.8) is 0 Å². The molecule has 0 spiro atoms. The van der Waals surface area contributed by atoms with Crippen molar-refractivity contribution < 1.29 is 9.50 Å². The summed E-state index contributed by atoms with van der Waals surface area (Å²) in [6.07, 6.45) is 1.96. The molecule has 0 amide bonds. The van der Waals surface area contributed by atoms with Crippen LogP contribution in [0.4, 0.5) is 10.1 Å². The lowest BCUT2D eigenvalue weighted by molar-refractivity contribution is 0.266. The number of nitrogens with zero attached hydrogens (tertiary/aromatic N) is 1. The van der Waals surface area contributed by atoms with Crippen molar-refractivity contribution in [1.82, 2.24) is 5.32 Å². The molecule has 0 aromatic heterocycles. The van der Waals surface area contributed by atoms with Crippen LogP contribution in [0, 0.1) is 5.82 Å². The van der Waals surface area contributed by atoms with Crippen LogP contribution in [0.1, 0.15) is 25.3 Å². The van der Waals surface area contributed by atoms with Crippen molar-refractivity contribution in [3.8, 4) is 0 Å². The van der Waals surface area contributed by atoms with Gasteiger partial charge >= 0.3 is 0 Å². The van der Waals surface area contributed by atoms with Gasteiger partial charge in [0.05, 0.1) is 18.3 Å². The lowest BCUT2D eigenvalue weighted by atomic mass is 10.1. The van der Waals surface area contributed by atoms with Gasteiger partial charge in [-0.05, 0) is 37.1 Å². The van der Waals surface area contributed by atoms with E-state index in [0.717, 1.165) is 31.5 Å². The second kappa shape index (κ2) is 6.16. The first-order valence-corrected chi connectivity index (χ1v) is 6.63. The first kappa shape index (κ1) is 13.3. The van der Waals surface area contributed by atoms with Gasteiger partial charge in [-0.2, -0.15) is 0 Å². The number of rotatable bonds is 5. The van der Waals surface area contributed by atoms with Crippen LogP contribution in [-0.2, 0) is 6.54 Å². The van der Waals surface area contributed by atoms with Crippen LogP contribution in [0.25, 0.3) is 0 Å². The minimum Gasteiger partial charge on any atom is -0.394 e. The quantitative estimate of drug-likeness (QED) is 0.840. The van der Waals surface area contributed by atoms with Gasteiger partial charge in [0.1, 0.15) is 5.82 Å². The summed E-state index contributed by atoms with van der Waals surface area (Å²) in [7, 11) is 0. The smallest absolute Gasteiger partial charge is 0.146 e. The molecule has 0 radical (unpaired) electrons. The molecule has 1 aliphatic rings. The zero-order valence-electron chi connectivity index (χ0n) is 10.8. The van der Waals surface area contributed by atoms with Crippen molar-refractivity contribution in [2.75, 3.05) is 24.6 Å². The molecule has 1 aromatic rings. The van der Waals surface area contributed by atoms with E-state index in [2.05, 4.69) is 5.32 Å². The summed E-state index contributed by atoms with van der Waals surface area (Å²) in [6, 6.07) is 5.44. The molecule has 2 N–H and O–H groups in total. The molecule has 1 aliphatic heterocycles. The van der Waals surface area contributed by atoms with Gasteiger partial charge in [-0.25, -0.2) is 4.39 Å². The van der Waals surface area contributed by atoms with Crippen molar-refractivity contribution in [2.45, 2.75) is 32.4 Å². The van der Waals surface area contributed by atoms with E-state index in [1.54, 1.807) is 6.07 Å². The summed E-state index contributed by atoms with van der Waals surface area (Å²) < 4.78 is 14.1. The predicted octanol–water partition coefficient (Wildman–Crippen LogP) is 1.90. The van der Waals surface area contributed by atoms with E-state index in [4.69, 9.17) is 0 Å². The largest absolute Gasteiger partial charge is 0.394 e. The number of aliphatic hydroxyl groups is 1. The number of halogens is 1. The van der Waals surface area contributed by atoms with E-state index in [1.165, 1.54) is 0 Å². The van der Waals surface area contributed by atoms with Gasteiger partial charge in [0.25, 0.3) is 0 Å². The molecule has 2 rings (SSSR count). The highest BCUT2D eigenvalue weighted by molar-refractivity contribution is 5.51. The standard InChI is InChI=1S/C14H21FN2O/c1-2-16-9-11-5-6-14(13(15)8-11)17-7-3-4-12(17)10-18/h5-6,8,12,16,18H,2-4,7,9-10H2,1H3. The summed E-state index contributed by atoms with van der Waals surface area (Å²) in [5.41, 5.74) is 1.57. The fourth-order valence-electron chi connectivity index (χ4n) is 2.51. The molecule has 1 unspecified atom stereocenters. The van der Waals surface area contributed by atoms with Gasteiger partial charge in [0.2, 0.25) is 0 Å². The average molecular weight is 252 g/mol. The normalized spacial score (nSPS) is 19.5. The molecule has 1 atom stereocenters. The monoisotopic (exact) mass is 252 g/mol.